The largest absolute Gasteiger partial charge is 0.330 e. The third-order valence-electron chi connectivity index (χ3n) is 2.26. The fourth-order valence-corrected chi connectivity index (χ4v) is 2.29. The average molecular weight is 392 g/mol. The van der Waals surface area contributed by atoms with E-state index in [9.17, 15) is 0 Å². The predicted octanol–water partition coefficient (Wildman–Crippen LogP) is 2.74. The highest BCUT2D eigenvalue weighted by molar-refractivity contribution is 14.1. The number of hydrogen-bond acceptors (Lipinski definition) is 2. The van der Waals surface area contributed by atoms with Crippen LogP contribution >= 0.6 is 38.5 Å². The Labute approximate surface area is 116 Å². The summed E-state index contributed by atoms with van der Waals surface area (Å²) in [5, 5.41) is 4.32. The Kier molecular flexibility index (Phi) is 3.99. The number of benzene rings is 1. The second-order valence-electron chi connectivity index (χ2n) is 3.41. The van der Waals surface area contributed by atoms with Crippen LogP contribution in [-0.2, 0) is 6.42 Å². The molecule has 0 atom stereocenters. The van der Waals surface area contributed by atoms with E-state index >= 15 is 0 Å². The van der Waals surface area contributed by atoms with Crippen LogP contribution in [-0.4, -0.2) is 16.3 Å². The molecule has 2 rings (SSSR count). The molecule has 0 spiro atoms. The van der Waals surface area contributed by atoms with Crippen LogP contribution in [0.15, 0.2) is 35.1 Å². The lowest BCUT2D eigenvalue weighted by atomic mass is 10.1. The van der Waals surface area contributed by atoms with E-state index in [-0.39, 0.29) is 0 Å². The maximum absolute atomic E-state index is 5.61. The molecule has 1 aromatic carbocycles. The van der Waals surface area contributed by atoms with E-state index in [1.54, 1.807) is 0 Å². The molecule has 84 valence electrons. The van der Waals surface area contributed by atoms with E-state index < -0.39 is 0 Å². The average Bonchev–Trinajstić information content (AvgIpc) is 2.68. The molecule has 2 N–H and O–H groups in total. The van der Waals surface area contributed by atoms with Gasteiger partial charge in [0, 0.05) is 10.7 Å². The Morgan fingerprint density at radius 2 is 2.25 bits per heavy atom. The predicted molar refractivity (Wildman–Crippen MR) is 76.7 cm³/mol. The van der Waals surface area contributed by atoms with Crippen molar-refractivity contribution in [2.75, 3.05) is 6.54 Å². The van der Waals surface area contributed by atoms with E-state index in [0.29, 0.717) is 6.54 Å². The molecule has 0 saturated heterocycles. The van der Waals surface area contributed by atoms with Gasteiger partial charge in [-0.1, -0.05) is 22.0 Å². The van der Waals surface area contributed by atoms with Gasteiger partial charge in [0.25, 0.3) is 0 Å². The van der Waals surface area contributed by atoms with E-state index in [4.69, 9.17) is 5.73 Å². The molecule has 3 nitrogen and oxygen atoms in total. The van der Waals surface area contributed by atoms with Gasteiger partial charge in [0.2, 0.25) is 0 Å². The highest BCUT2D eigenvalue weighted by Crippen LogP contribution is 2.21. The molecule has 0 aliphatic rings. The molecule has 0 amide bonds. The standard InChI is InChI=1S/C11H11BrIN3/c12-9-2-1-8(3-4-14)11(5-9)16-7-10(13)6-15-16/h1-2,5-7H,3-4,14H2. The van der Waals surface area contributed by atoms with Gasteiger partial charge in [-0.2, -0.15) is 5.10 Å². The molecule has 2 aromatic rings. The van der Waals surface area contributed by atoms with Crippen LogP contribution in [0, 0.1) is 3.57 Å². The minimum Gasteiger partial charge on any atom is -0.330 e. The van der Waals surface area contributed by atoms with Crippen molar-refractivity contribution in [3.63, 3.8) is 0 Å². The molecule has 0 saturated carbocycles. The Balaban J connectivity index is 2.48. The fraction of sp³-hybridized carbons (Fsp3) is 0.182. The lowest BCUT2D eigenvalue weighted by Gasteiger charge is -2.09. The van der Waals surface area contributed by atoms with E-state index in [1.807, 2.05) is 23.1 Å². The summed E-state index contributed by atoms with van der Waals surface area (Å²) in [4.78, 5) is 0. The van der Waals surface area contributed by atoms with Crippen molar-refractivity contribution >= 4 is 38.5 Å². The van der Waals surface area contributed by atoms with Crippen LogP contribution in [0.3, 0.4) is 0 Å². The molecule has 1 aromatic heterocycles. The number of hydrogen-bond donors (Lipinski definition) is 1. The molecule has 5 heteroatoms. The normalized spacial score (nSPS) is 10.7. The molecule has 0 bridgehead atoms. The summed E-state index contributed by atoms with van der Waals surface area (Å²) in [6.45, 7) is 0.646. The third kappa shape index (κ3) is 2.64. The smallest absolute Gasteiger partial charge is 0.0689 e. The zero-order chi connectivity index (χ0) is 11.5. The Bertz CT molecular complexity index is 496. The summed E-state index contributed by atoms with van der Waals surface area (Å²) in [5.41, 5.74) is 7.91. The lowest BCUT2D eigenvalue weighted by Crippen LogP contribution is -2.07. The van der Waals surface area contributed by atoms with E-state index in [1.165, 1.54) is 5.56 Å². The Hall–Kier alpha value is -0.400. The van der Waals surface area contributed by atoms with Crippen molar-refractivity contribution in [2.24, 2.45) is 5.73 Å². The number of rotatable bonds is 3. The second-order valence-corrected chi connectivity index (χ2v) is 5.58. The van der Waals surface area contributed by atoms with Crippen LogP contribution < -0.4 is 5.73 Å². The zero-order valence-electron chi connectivity index (χ0n) is 8.53. The molecule has 16 heavy (non-hydrogen) atoms. The first-order valence-corrected chi connectivity index (χ1v) is 6.77. The van der Waals surface area contributed by atoms with Gasteiger partial charge in [-0.25, -0.2) is 4.68 Å². The number of aromatic nitrogens is 2. The van der Waals surface area contributed by atoms with Crippen molar-refractivity contribution < 1.29 is 0 Å². The van der Waals surface area contributed by atoms with Crippen LogP contribution in [0.5, 0.6) is 0 Å². The molecule has 0 unspecified atom stereocenters. The summed E-state index contributed by atoms with van der Waals surface area (Å²) >= 11 is 5.73. The molecule has 0 aliphatic carbocycles. The maximum Gasteiger partial charge on any atom is 0.0689 e. The molecular formula is C11H11BrIN3. The fourth-order valence-electron chi connectivity index (χ4n) is 1.55. The van der Waals surface area contributed by atoms with Crippen molar-refractivity contribution in [2.45, 2.75) is 6.42 Å². The Morgan fingerprint density at radius 1 is 1.44 bits per heavy atom. The topological polar surface area (TPSA) is 43.8 Å². The molecule has 0 aliphatic heterocycles. The summed E-state index contributed by atoms with van der Waals surface area (Å²) in [6, 6.07) is 6.18. The first-order chi connectivity index (χ1) is 7.70. The summed E-state index contributed by atoms with van der Waals surface area (Å²) in [5.74, 6) is 0. The quantitative estimate of drug-likeness (QED) is 0.817. The van der Waals surface area contributed by atoms with Gasteiger partial charge >= 0.3 is 0 Å². The summed E-state index contributed by atoms with van der Waals surface area (Å²) in [6.07, 6.45) is 4.70. The first-order valence-electron chi connectivity index (χ1n) is 4.90. The van der Waals surface area contributed by atoms with Crippen molar-refractivity contribution in [3.8, 4) is 5.69 Å². The van der Waals surface area contributed by atoms with Gasteiger partial charge in [-0.3, -0.25) is 0 Å². The van der Waals surface area contributed by atoms with Crippen LogP contribution in [0.25, 0.3) is 5.69 Å². The first kappa shape index (κ1) is 12.1. The molecule has 0 radical (unpaired) electrons. The lowest BCUT2D eigenvalue weighted by molar-refractivity contribution is 0.849. The molecule has 1 heterocycles. The van der Waals surface area contributed by atoms with Crippen molar-refractivity contribution in [3.05, 3.63) is 44.2 Å². The maximum atomic E-state index is 5.61. The number of nitrogens with two attached hydrogens (primary N) is 1. The zero-order valence-corrected chi connectivity index (χ0v) is 12.3. The monoisotopic (exact) mass is 391 g/mol. The highest BCUT2D eigenvalue weighted by atomic mass is 127. The third-order valence-corrected chi connectivity index (χ3v) is 3.31. The molecule has 0 fully saturated rings. The van der Waals surface area contributed by atoms with Crippen LogP contribution in [0.2, 0.25) is 0 Å². The van der Waals surface area contributed by atoms with Crippen LogP contribution in [0.4, 0.5) is 0 Å². The van der Waals surface area contributed by atoms with Gasteiger partial charge in [0.05, 0.1) is 15.5 Å². The van der Waals surface area contributed by atoms with Gasteiger partial charge in [-0.05, 0) is 53.3 Å². The van der Waals surface area contributed by atoms with E-state index in [2.05, 4.69) is 55.8 Å². The van der Waals surface area contributed by atoms with Crippen molar-refractivity contribution in [1.82, 2.24) is 9.78 Å². The van der Waals surface area contributed by atoms with Gasteiger partial charge < -0.3 is 5.73 Å². The number of halogens is 2. The number of nitrogens with zero attached hydrogens (tertiary/aromatic N) is 2. The van der Waals surface area contributed by atoms with Gasteiger partial charge in [0.1, 0.15) is 0 Å². The summed E-state index contributed by atoms with van der Waals surface area (Å²) < 4.78 is 4.06. The second kappa shape index (κ2) is 5.29. The van der Waals surface area contributed by atoms with E-state index in [0.717, 1.165) is 20.2 Å². The van der Waals surface area contributed by atoms with Gasteiger partial charge in [-0.15, -0.1) is 0 Å². The minimum absolute atomic E-state index is 0.646. The van der Waals surface area contributed by atoms with Gasteiger partial charge in [0.15, 0.2) is 0 Å². The molecular weight excluding hydrogens is 381 g/mol. The SMILES string of the molecule is NCCc1ccc(Br)cc1-n1cc(I)cn1. The highest BCUT2D eigenvalue weighted by Gasteiger charge is 2.06. The van der Waals surface area contributed by atoms with Crippen LogP contribution in [0.1, 0.15) is 5.56 Å². The minimum atomic E-state index is 0.646. The van der Waals surface area contributed by atoms with Crippen molar-refractivity contribution in [1.29, 1.82) is 0 Å². The summed E-state index contributed by atoms with van der Waals surface area (Å²) in [7, 11) is 0. The Morgan fingerprint density at radius 3 is 2.88 bits per heavy atom.